The van der Waals surface area contributed by atoms with Gasteiger partial charge in [0.05, 0.1) is 73.8 Å². The fraction of sp³-hybridized carbons (Fsp3) is 0.549. The number of nitrogens with one attached hydrogen (secondary N) is 2. The van der Waals surface area contributed by atoms with Crippen molar-refractivity contribution in [2.24, 2.45) is 0 Å². The van der Waals surface area contributed by atoms with Crippen LogP contribution in [0.15, 0.2) is 48.5 Å². The Labute approximate surface area is 428 Å². The van der Waals surface area contributed by atoms with Gasteiger partial charge in [0.15, 0.2) is 6.54 Å². The number of carbonyl (C=O) groups is 4. The third kappa shape index (κ3) is 19.4. The van der Waals surface area contributed by atoms with Gasteiger partial charge >= 0.3 is 11.9 Å². The van der Waals surface area contributed by atoms with Gasteiger partial charge < -0.3 is 43.9 Å². The molecule has 1 aromatic heterocycles. The Morgan fingerprint density at radius 1 is 0.685 bits per heavy atom. The summed E-state index contributed by atoms with van der Waals surface area (Å²) in [4.78, 5) is 51.5. The zero-order valence-electron chi connectivity index (χ0n) is 43.1. The van der Waals surface area contributed by atoms with Crippen LogP contribution in [0.1, 0.15) is 103 Å². The van der Waals surface area contributed by atoms with E-state index < -0.39 is 49.8 Å². The number of fused-ring (bicyclic) bond motifs is 2. The second kappa shape index (κ2) is 28.3. The van der Waals surface area contributed by atoms with Crippen molar-refractivity contribution in [2.75, 3.05) is 78.7 Å². The van der Waals surface area contributed by atoms with E-state index in [2.05, 4.69) is 10.6 Å². The standard InChI is InChI=1S/C51H72N4O16S2/c1-8-38(9-2)69-39-17-19-44-42(31-39)48(43-32-40(70-41(33-67-6)34-68-7)18-20-45(43)54(44)23-13-27-72(61,62)63)51(60)71-49-35(3)29-37(30-36(49)4)50(59)53-22-12-25-55(5,26-14-28-73(64,65)66)24-11-21-52-46(56)15-10-16-47(57)58/h17-20,29-32,38,41H,8-16,21-28,33-34H2,1-7H3,(H3-2,52,53,56,57,58,59,61,62,63,64,65,66)/p+2. The molecule has 0 aliphatic carbocycles. The van der Waals surface area contributed by atoms with E-state index in [0.717, 1.165) is 12.8 Å². The maximum absolute atomic E-state index is 14.9. The third-order valence-corrected chi connectivity index (χ3v) is 14.0. The van der Waals surface area contributed by atoms with Gasteiger partial charge in [-0.2, -0.15) is 21.4 Å². The molecule has 0 aliphatic heterocycles. The Hall–Kier alpha value is -5.49. The highest BCUT2D eigenvalue weighted by Crippen LogP contribution is 2.34. The number of nitrogens with zero attached hydrogens (tertiary/aromatic N) is 2. The zero-order valence-corrected chi connectivity index (χ0v) is 44.7. The van der Waals surface area contributed by atoms with Crippen molar-refractivity contribution in [1.82, 2.24) is 10.6 Å². The molecule has 0 saturated heterocycles. The smallest absolute Gasteiger partial charge is 0.345 e. The van der Waals surface area contributed by atoms with Gasteiger partial charge in [0.1, 0.15) is 23.4 Å². The number of benzene rings is 3. The molecule has 4 rings (SSSR count). The Balaban J connectivity index is 1.63. The molecule has 4 aromatic rings. The fourth-order valence-electron chi connectivity index (χ4n) is 8.81. The number of ether oxygens (including phenoxy) is 5. The molecule has 73 heavy (non-hydrogen) atoms. The first kappa shape index (κ1) is 60.1. The minimum Gasteiger partial charge on any atom is -0.490 e. The van der Waals surface area contributed by atoms with Gasteiger partial charge in [-0.1, -0.05) is 13.8 Å². The number of methoxy groups -OCH3 is 2. The normalized spacial score (nSPS) is 12.8. The highest BCUT2D eigenvalue weighted by atomic mass is 32.2. The molecule has 0 fully saturated rings. The molecule has 3 aromatic carbocycles. The van der Waals surface area contributed by atoms with Gasteiger partial charge in [-0.05, 0) is 80.6 Å². The lowest BCUT2D eigenvalue weighted by molar-refractivity contribution is -0.909. The highest BCUT2D eigenvalue weighted by Gasteiger charge is 2.29. The lowest BCUT2D eigenvalue weighted by Gasteiger charge is -2.35. The number of rotatable bonds is 33. The number of carboxylic acid groups (broad SMARTS) is 1. The SMILES string of the molecule is CCC(CC)Oc1ccc2c(c1)c(C(=O)Oc1c(C)cc(C(=O)NCCC[N+](C)(CCCNC(=O)CCCC(=O)O)CCCS(=O)(=O)O)cc1C)c1cc(OC(COC)COC)ccc1[n+]2CCCS(=O)(=O)O. The molecule has 0 saturated carbocycles. The van der Waals surface area contributed by atoms with E-state index in [1.165, 1.54) is 0 Å². The molecular weight excluding hydrogens is 989 g/mol. The van der Waals surface area contributed by atoms with Crippen molar-refractivity contribution in [2.45, 2.75) is 104 Å². The van der Waals surface area contributed by atoms with Crippen LogP contribution in [-0.4, -0.2) is 150 Å². The van der Waals surface area contributed by atoms with Gasteiger partial charge in [-0.3, -0.25) is 23.5 Å². The first-order chi connectivity index (χ1) is 34.5. The molecule has 404 valence electrons. The van der Waals surface area contributed by atoms with Crippen LogP contribution in [0.3, 0.4) is 0 Å². The van der Waals surface area contributed by atoms with E-state index in [1.54, 1.807) is 76.6 Å². The topological polar surface area (TPSA) is 271 Å². The predicted octanol–water partition coefficient (Wildman–Crippen LogP) is 5.61. The van der Waals surface area contributed by atoms with Gasteiger partial charge in [0.25, 0.3) is 26.1 Å². The van der Waals surface area contributed by atoms with Crippen LogP contribution in [-0.2, 0) is 45.8 Å². The second-order valence-electron chi connectivity index (χ2n) is 18.5. The Morgan fingerprint density at radius 2 is 1.19 bits per heavy atom. The second-order valence-corrected chi connectivity index (χ2v) is 21.7. The van der Waals surface area contributed by atoms with Gasteiger partial charge in [-0.25, -0.2) is 4.79 Å². The van der Waals surface area contributed by atoms with Crippen LogP contribution in [0.4, 0.5) is 0 Å². The van der Waals surface area contributed by atoms with Gasteiger partial charge in [0, 0.05) is 83.5 Å². The van der Waals surface area contributed by atoms with Crippen LogP contribution < -0.4 is 29.4 Å². The summed E-state index contributed by atoms with van der Waals surface area (Å²) in [7, 11) is -3.43. The average molecular weight is 1060 g/mol. The van der Waals surface area contributed by atoms with E-state index in [1.807, 2.05) is 25.5 Å². The fourth-order valence-corrected chi connectivity index (χ4v) is 9.80. The van der Waals surface area contributed by atoms with Crippen molar-refractivity contribution < 1.29 is 83.0 Å². The number of carbonyl (C=O) groups excluding carboxylic acids is 3. The number of hydrogen-bond donors (Lipinski definition) is 5. The van der Waals surface area contributed by atoms with Gasteiger partial charge in [0.2, 0.25) is 16.9 Å². The first-order valence-electron chi connectivity index (χ1n) is 24.6. The number of esters is 1. The van der Waals surface area contributed by atoms with Crippen LogP contribution in [0, 0.1) is 13.8 Å². The van der Waals surface area contributed by atoms with Crippen LogP contribution in [0.5, 0.6) is 17.2 Å². The Bertz CT molecular complexity index is 2740. The predicted molar refractivity (Wildman–Crippen MR) is 275 cm³/mol. The number of hydrogen-bond acceptors (Lipinski definition) is 13. The van der Waals surface area contributed by atoms with Crippen LogP contribution in [0.2, 0.25) is 0 Å². The lowest BCUT2D eigenvalue weighted by atomic mass is 10.0. The molecule has 5 N–H and O–H groups in total. The van der Waals surface area contributed by atoms with Crippen molar-refractivity contribution in [1.29, 1.82) is 0 Å². The van der Waals surface area contributed by atoms with E-state index in [-0.39, 0.29) is 87.6 Å². The average Bonchev–Trinajstić information content (AvgIpc) is 3.31. The minimum atomic E-state index is -4.28. The number of aryl methyl sites for hydroxylation is 3. The van der Waals surface area contributed by atoms with E-state index in [0.29, 0.717) is 93.5 Å². The molecule has 1 heterocycles. The molecule has 2 amide bonds. The largest absolute Gasteiger partial charge is 0.490 e. The maximum atomic E-state index is 14.9. The van der Waals surface area contributed by atoms with Crippen LogP contribution in [0.25, 0.3) is 21.8 Å². The summed E-state index contributed by atoms with van der Waals surface area (Å²) in [6.07, 6.45) is 2.40. The zero-order chi connectivity index (χ0) is 53.9. The Kier molecular flexibility index (Phi) is 23.2. The number of pyridine rings is 1. The van der Waals surface area contributed by atoms with Crippen molar-refractivity contribution in [3.05, 3.63) is 70.8 Å². The Morgan fingerprint density at radius 3 is 1.70 bits per heavy atom. The highest BCUT2D eigenvalue weighted by molar-refractivity contribution is 7.86. The maximum Gasteiger partial charge on any atom is 0.345 e. The summed E-state index contributed by atoms with van der Waals surface area (Å²) in [6.45, 7) is 10.2. The number of aromatic nitrogens is 1. The van der Waals surface area contributed by atoms with E-state index in [4.69, 9.17) is 28.8 Å². The monoisotopic (exact) mass is 1060 g/mol. The lowest BCUT2D eigenvalue weighted by Crippen LogP contribution is -2.48. The molecule has 20 nitrogen and oxygen atoms in total. The molecular formula is C51H74N4O16S2+2. The summed E-state index contributed by atoms with van der Waals surface area (Å²) in [5, 5.41) is 15.4. The number of aliphatic carboxylic acids is 1. The molecule has 1 atom stereocenters. The van der Waals surface area contributed by atoms with Crippen molar-refractivity contribution in [3.8, 4) is 17.2 Å². The third-order valence-electron chi connectivity index (χ3n) is 12.4. The molecule has 22 heteroatoms. The van der Waals surface area contributed by atoms with Gasteiger partial charge in [-0.15, -0.1) is 0 Å². The summed E-state index contributed by atoms with van der Waals surface area (Å²) >= 11 is 0. The summed E-state index contributed by atoms with van der Waals surface area (Å²) < 4.78 is 97.5. The van der Waals surface area contributed by atoms with E-state index >= 15 is 0 Å². The number of amides is 2. The molecule has 0 spiro atoms. The van der Waals surface area contributed by atoms with Crippen LogP contribution >= 0.6 is 0 Å². The summed E-state index contributed by atoms with van der Waals surface area (Å²) in [5.41, 5.74) is 2.64. The first-order valence-corrected chi connectivity index (χ1v) is 27.8. The quantitative estimate of drug-likeness (QED) is 0.00738. The molecule has 0 radical (unpaired) electrons. The number of carboxylic acids is 1. The molecule has 1 unspecified atom stereocenters. The molecule has 0 bridgehead atoms. The summed E-state index contributed by atoms with van der Waals surface area (Å²) in [6, 6.07) is 13.8. The number of quaternary nitrogens is 1. The minimum absolute atomic E-state index is 0.0605. The summed E-state index contributed by atoms with van der Waals surface area (Å²) in [5.74, 6) is -2.08. The van der Waals surface area contributed by atoms with Crippen molar-refractivity contribution >= 4 is 65.8 Å². The van der Waals surface area contributed by atoms with Crippen molar-refractivity contribution in [3.63, 3.8) is 0 Å². The molecule has 0 aliphatic rings. The van der Waals surface area contributed by atoms with E-state index in [9.17, 15) is 45.1 Å².